The molecule has 1 heterocycles. The van der Waals surface area contributed by atoms with Crippen molar-refractivity contribution < 1.29 is 22.0 Å². The zero-order valence-electron chi connectivity index (χ0n) is 10.5. The number of fused-ring (bicyclic) bond motifs is 2. The van der Waals surface area contributed by atoms with Crippen LogP contribution in [0.3, 0.4) is 0 Å². The van der Waals surface area contributed by atoms with Crippen molar-refractivity contribution in [1.29, 1.82) is 0 Å². The van der Waals surface area contributed by atoms with E-state index in [2.05, 4.69) is 24.3 Å². The lowest BCUT2D eigenvalue weighted by Crippen LogP contribution is -2.35. The Morgan fingerprint density at radius 3 is 2.58 bits per heavy atom. The Morgan fingerprint density at radius 1 is 1.11 bits per heavy atom. The topological polar surface area (TPSA) is 12.8 Å². The first-order valence-corrected chi connectivity index (χ1v) is 6.58. The molecule has 3 aliphatic rings. The van der Waals surface area contributed by atoms with Crippen LogP contribution in [-0.2, 0) is 0 Å². The Hall–Kier alpha value is -1.04. The third-order valence-electron chi connectivity index (χ3n) is 3.50. The van der Waals surface area contributed by atoms with Gasteiger partial charge in [-0.25, -0.2) is 0 Å². The average Bonchev–Trinajstić information content (AvgIpc) is 2.34. The van der Waals surface area contributed by atoms with E-state index in [0.29, 0.717) is 12.2 Å². The Bertz CT molecular complexity index is 405. The highest BCUT2D eigenvalue weighted by atomic mass is 19.5. The van der Waals surface area contributed by atoms with Crippen molar-refractivity contribution in [3.05, 3.63) is 35.5 Å². The van der Waals surface area contributed by atoms with Crippen molar-refractivity contribution in [2.24, 2.45) is 0 Å². The molecule has 0 spiro atoms. The maximum absolute atomic E-state index is 9.75. The SMILES string of the molecule is C1=CCC2[OH+]C3CCCCC3=CC2=C1.F[B-](F)(F)F. The van der Waals surface area contributed by atoms with E-state index in [1.807, 2.05) is 0 Å². The molecule has 0 saturated heterocycles. The third-order valence-corrected chi connectivity index (χ3v) is 3.50. The summed E-state index contributed by atoms with van der Waals surface area (Å²) >= 11 is 0. The van der Waals surface area contributed by atoms with Gasteiger partial charge < -0.3 is 22.0 Å². The van der Waals surface area contributed by atoms with Gasteiger partial charge in [0, 0.05) is 24.0 Å². The maximum Gasteiger partial charge on any atom is 0.673 e. The predicted octanol–water partition coefficient (Wildman–Crippen LogP) is 3.95. The first kappa shape index (κ1) is 14.4. The molecule has 2 aliphatic carbocycles. The van der Waals surface area contributed by atoms with Crippen molar-refractivity contribution in [1.82, 2.24) is 0 Å². The van der Waals surface area contributed by atoms with Crippen LogP contribution in [0.25, 0.3) is 0 Å². The van der Waals surface area contributed by atoms with Gasteiger partial charge in [-0.05, 0) is 25.3 Å². The molecule has 1 fully saturated rings. The van der Waals surface area contributed by atoms with Gasteiger partial charge >= 0.3 is 7.25 Å². The van der Waals surface area contributed by atoms with Gasteiger partial charge in [-0.2, -0.15) is 0 Å². The summed E-state index contributed by atoms with van der Waals surface area (Å²) < 4.78 is 43.9. The van der Waals surface area contributed by atoms with Gasteiger partial charge in [0.05, 0.1) is 0 Å². The van der Waals surface area contributed by atoms with E-state index in [-0.39, 0.29) is 0 Å². The highest BCUT2D eigenvalue weighted by Crippen LogP contribution is 2.34. The summed E-state index contributed by atoms with van der Waals surface area (Å²) in [6.45, 7) is 0. The first-order chi connectivity index (χ1) is 8.93. The standard InChI is InChI=1S/C13H16O.BF4/c1-3-7-12-10(5-1)9-11-6-2-4-8-13(11)14-12;2-1(3,4)5/h1,3,5,9,12-13H,2,4,6-8H2;/q;-1/p+1. The average molecular weight is 276 g/mol. The van der Waals surface area contributed by atoms with Crippen LogP contribution in [0.4, 0.5) is 17.3 Å². The van der Waals surface area contributed by atoms with Gasteiger partial charge in [-0.1, -0.05) is 18.2 Å². The van der Waals surface area contributed by atoms with Crippen molar-refractivity contribution >= 4 is 7.25 Å². The molecular weight excluding hydrogens is 259 g/mol. The fourth-order valence-electron chi connectivity index (χ4n) is 2.71. The van der Waals surface area contributed by atoms with Crippen LogP contribution < -0.4 is 0 Å². The first-order valence-electron chi connectivity index (χ1n) is 6.58. The van der Waals surface area contributed by atoms with Crippen molar-refractivity contribution in [2.45, 2.75) is 44.3 Å². The molecule has 2 unspecified atom stereocenters. The normalized spacial score (nSPS) is 29.3. The third kappa shape index (κ3) is 4.53. The second-order valence-electron chi connectivity index (χ2n) is 4.97. The summed E-state index contributed by atoms with van der Waals surface area (Å²) in [5.41, 5.74) is 3.04. The van der Waals surface area contributed by atoms with E-state index in [1.165, 1.54) is 31.3 Å². The molecule has 19 heavy (non-hydrogen) atoms. The second-order valence-corrected chi connectivity index (χ2v) is 4.97. The minimum Gasteiger partial charge on any atom is -0.422 e. The molecule has 1 aliphatic heterocycles. The van der Waals surface area contributed by atoms with Gasteiger partial charge in [-0.15, -0.1) is 0 Å². The fraction of sp³-hybridized carbons (Fsp3) is 0.538. The Balaban J connectivity index is 0.000000232. The van der Waals surface area contributed by atoms with Crippen molar-refractivity contribution in [3.63, 3.8) is 0 Å². The van der Waals surface area contributed by atoms with Crippen LogP contribution in [0.2, 0.25) is 0 Å². The predicted molar refractivity (Wildman–Crippen MR) is 68.4 cm³/mol. The van der Waals surface area contributed by atoms with Gasteiger partial charge in [0.25, 0.3) is 0 Å². The van der Waals surface area contributed by atoms with Gasteiger partial charge in [-0.3, -0.25) is 0 Å². The quantitative estimate of drug-likeness (QED) is 0.361. The summed E-state index contributed by atoms with van der Waals surface area (Å²) in [5, 5.41) is 0. The number of hydrogen-bond acceptors (Lipinski definition) is 0. The zero-order chi connectivity index (χ0) is 13.9. The van der Waals surface area contributed by atoms with E-state index in [4.69, 9.17) is 4.74 Å². The van der Waals surface area contributed by atoms with E-state index in [1.54, 1.807) is 5.57 Å². The fourth-order valence-corrected chi connectivity index (χ4v) is 2.71. The van der Waals surface area contributed by atoms with Crippen LogP contribution in [0, 0.1) is 0 Å². The van der Waals surface area contributed by atoms with Gasteiger partial charge in [0.2, 0.25) is 0 Å². The molecule has 0 radical (unpaired) electrons. The molecule has 6 heteroatoms. The zero-order valence-corrected chi connectivity index (χ0v) is 10.5. The molecule has 0 aromatic heterocycles. The molecule has 1 saturated carbocycles. The smallest absolute Gasteiger partial charge is 0.422 e. The number of halogens is 4. The summed E-state index contributed by atoms with van der Waals surface area (Å²) in [4.78, 5) is 0. The van der Waals surface area contributed by atoms with Gasteiger partial charge in [0.1, 0.15) is 0 Å². The summed E-state index contributed by atoms with van der Waals surface area (Å²) in [7, 11) is -6.00. The van der Waals surface area contributed by atoms with Crippen LogP contribution in [0.15, 0.2) is 35.5 Å². The number of allylic oxidation sites excluding steroid dienone is 2. The molecule has 0 bridgehead atoms. The van der Waals surface area contributed by atoms with Crippen LogP contribution in [-0.4, -0.2) is 24.2 Å². The molecule has 106 valence electrons. The lowest BCUT2D eigenvalue weighted by Gasteiger charge is -2.32. The van der Waals surface area contributed by atoms with Gasteiger partial charge in [0.15, 0.2) is 12.2 Å². The lowest BCUT2D eigenvalue weighted by atomic mass is 9.86. The Kier molecular flexibility index (Phi) is 4.50. The maximum atomic E-state index is 9.75. The minimum atomic E-state index is -6.00. The Labute approximate surface area is 110 Å². The van der Waals surface area contributed by atoms with E-state index in [9.17, 15) is 17.3 Å². The summed E-state index contributed by atoms with van der Waals surface area (Å²) in [6.07, 6.45) is 16.5. The largest absolute Gasteiger partial charge is 0.673 e. The Morgan fingerprint density at radius 2 is 1.84 bits per heavy atom. The van der Waals surface area contributed by atoms with Crippen LogP contribution in [0.5, 0.6) is 0 Å². The highest BCUT2D eigenvalue weighted by Gasteiger charge is 2.33. The lowest BCUT2D eigenvalue weighted by molar-refractivity contribution is -0.139. The molecular formula is C13H17BF4O. The van der Waals surface area contributed by atoms with E-state index < -0.39 is 7.25 Å². The molecule has 3 rings (SSSR count). The number of ether oxygens (including phenoxy) is 1. The minimum absolute atomic E-state index is 0.479. The molecule has 0 aromatic carbocycles. The van der Waals surface area contributed by atoms with Crippen LogP contribution >= 0.6 is 0 Å². The monoisotopic (exact) mass is 276 g/mol. The molecule has 1 nitrogen and oxygen atoms in total. The molecule has 0 aromatic rings. The van der Waals surface area contributed by atoms with E-state index in [0.717, 1.165) is 6.42 Å². The number of aliphatic hydroxyl groups is 2. The summed E-state index contributed by atoms with van der Waals surface area (Å²) in [6, 6.07) is 0. The second kappa shape index (κ2) is 5.95. The molecule has 0 amide bonds. The van der Waals surface area contributed by atoms with E-state index >= 15 is 0 Å². The molecule has 2 atom stereocenters. The van der Waals surface area contributed by atoms with Crippen LogP contribution in [0.1, 0.15) is 32.1 Å². The number of hydrogen-bond donors (Lipinski definition) is 0. The number of rotatable bonds is 0. The highest BCUT2D eigenvalue weighted by molar-refractivity contribution is 6.50. The summed E-state index contributed by atoms with van der Waals surface area (Å²) in [5.74, 6) is 0. The van der Waals surface area contributed by atoms with Crippen molar-refractivity contribution in [3.8, 4) is 0 Å². The molecule has 1 N–H and O–H groups in total. The van der Waals surface area contributed by atoms with Crippen molar-refractivity contribution in [2.75, 3.05) is 0 Å².